The molecular weight excluding hydrogens is 280 g/mol. The van der Waals surface area contributed by atoms with Crippen molar-refractivity contribution in [1.82, 2.24) is 4.90 Å². The second kappa shape index (κ2) is 5.09. The van der Waals surface area contributed by atoms with Crippen LogP contribution < -0.4 is 4.90 Å². The maximum absolute atomic E-state index is 12.6. The third-order valence-electron chi connectivity index (χ3n) is 5.42. The lowest BCUT2D eigenvalue weighted by Crippen LogP contribution is -2.53. The monoisotopic (exact) mass is 300 g/mol. The van der Waals surface area contributed by atoms with Gasteiger partial charge in [0.15, 0.2) is 0 Å². The van der Waals surface area contributed by atoms with Gasteiger partial charge in [-0.05, 0) is 31.4 Å². The Hall–Kier alpha value is -1.88. The van der Waals surface area contributed by atoms with Gasteiger partial charge in [0, 0.05) is 24.8 Å². The van der Waals surface area contributed by atoms with Crippen LogP contribution in [-0.4, -0.2) is 47.1 Å². The molecule has 3 fully saturated rings. The van der Waals surface area contributed by atoms with E-state index in [-0.39, 0.29) is 23.8 Å². The number of para-hydroxylation sites is 1. The molecule has 2 aliphatic heterocycles. The molecule has 116 valence electrons. The smallest absolute Gasteiger partial charge is 0.306 e. The van der Waals surface area contributed by atoms with Crippen LogP contribution >= 0.6 is 0 Å². The first kappa shape index (κ1) is 13.8. The van der Waals surface area contributed by atoms with Gasteiger partial charge >= 0.3 is 5.97 Å². The summed E-state index contributed by atoms with van der Waals surface area (Å²) in [5.74, 6) is -0.570. The molecule has 2 atom stereocenters. The number of carboxylic acid groups (broad SMARTS) is 1. The Morgan fingerprint density at radius 1 is 1.05 bits per heavy atom. The molecule has 0 radical (unpaired) electrons. The van der Waals surface area contributed by atoms with Crippen molar-refractivity contribution in [3.05, 3.63) is 30.3 Å². The number of carboxylic acids is 1. The predicted octanol–water partition coefficient (Wildman–Crippen LogP) is 1.59. The number of benzene rings is 1. The molecule has 2 saturated heterocycles. The Morgan fingerprint density at radius 3 is 2.45 bits per heavy atom. The van der Waals surface area contributed by atoms with Gasteiger partial charge < -0.3 is 10.0 Å². The van der Waals surface area contributed by atoms with Gasteiger partial charge in [-0.3, -0.25) is 14.5 Å². The Labute approximate surface area is 129 Å². The van der Waals surface area contributed by atoms with Gasteiger partial charge in [-0.15, -0.1) is 0 Å². The quantitative estimate of drug-likeness (QED) is 0.921. The standard InChI is InChI=1S/C17H20N2O3/c20-16-12-8-15(19(16)13-4-2-1-3-5-13)10-18(9-12)14-6-11(7-14)17(21)22/h1-5,11-12,14-15H,6-10H2,(H,21,22). The van der Waals surface area contributed by atoms with Crippen LogP contribution in [0.5, 0.6) is 0 Å². The van der Waals surface area contributed by atoms with Crippen molar-refractivity contribution in [2.45, 2.75) is 31.3 Å². The van der Waals surface area contributed by atoms with Gasteiger partial charge in [0.05, 0.1) is 17.9 Å². The average molecular weight is 300 g/mol. The molecule has 1 aromatic carbocycles. The van der Waals surface area contributed by atoms with Gasteiger partial charge in [0.2, 0.25) is 5.91 Å². The fourth-order valence-corrected chi connectivity index (χ4v) is 4.16. The third-order valence-corrected chi connectivity index (χ3v) is 5.42. The lowest BCUT2D eigenvalue weighted by Gasteiger charge is -2.44. The first-order valence-electron chi connectivity index (χ1n) is 7.98. The number of aliphatic carboxylic acids is 1. The number of rotatable bonds is 3. The van der Waals surface area contributed by atoms with Crippen LogP contribution in [0.3, 0.4) is 0 Å². The number of nitrogens with zero attached hydrogens (tertiary/aromatic N) is 2. The van der Waals surface area contributed by atoms with E-state index in [4.69, 9.17) is 5.11 Å². The van der Waals surface area contributed by atoms with Crippen molar-refractivity contribution in [1.29, 1.82) is 0 Å². The summed E-state index contributed by atoms with van der Waals surface area (Å²) < 4.78 is 0. The molecule has 2 bridgehead atoms. The van der Waals surface area contributed by atoms with E-state index in [1.54, 1.807) is 0 Å². The molecule has 22 heavy (non-hydrogen) atoms. The third kappa shape index (κ3) is 2.11. The highest BCUT2D eigenvalue weighted by Crippen LogP contribution is 2.39. The SMILES string of the molecule is O=C(O)C1CC(N2CC3CC(C2)N(c2ccccc2)C3=O)C1. The maximum atomic E-state index is 12.6. The highest BCUT2D eigenvalue weighted by Gasteiger charge is 2.49. The second-order valence-electron chi connectivity index (χ2n) is 6.74. The highest BCUT2D eigenvalue weighted by molar-refractivity contribution is 5.98. The zero-order valence-corrected chi connectivity index (χ0v) is 12.4. The molecule has 5 nitrogen and oxygen atoms in total. The first-order chi connectivity index (χ1) is 10.6. The molecular formula is C17H20N2O3. The molecule has 0 spiro atoms. The topological polar surface area (TPSA) is 60.9 Å². The Bertz CT molecular complexity index is 597. The van der Waals surface area contributed by atoms with E-state index in [1.165, 1.54) is 0 Å². The van der Waals surface area contributed by atoms with Crippen LogP contribution in [0.4, 0.5) is 5.69 Å². The number of piperidine rings is 1. The van der Waals surface area contributed by atoms with Crippen molar-refractivity contribution in [3.63, 3.8) is 0 Å². The zero-order valence-electron chi connectivity index (χ0n) is 12.4. The van der Waals surface area contributed by atoms with Crippen LogP contribution in [0.15, 0.2) is 30.3 Å². The summed E-state index contributed by atoms with van der Waals surface area (Å²) in [5, 5.41) is 9.02. The lowest BCUT2D eigenvalue weighted by molar-refractivity contribution is -0.147. The van der Waals surface area contributed by atoms with Crippen LogP contribution in [0.1, 0.15) is 19.3 Å². The number of fused-ring (bicyclic) bond motifs is 2. The second-order valence-corrected chi connectivity index (χ2v) is 6.74. The molecule has 2 unspecified atom stereocenters. The number of hydrogen-bond acceptors (Lipinski definition) is 3. The molecule has 1 amide bonds. The summed E-state index contributed by atoms with van der Waals surface area (Å²) in [6.45, 7) is 1.66. The molecule has 0 aromatic heterocycles. The minimum atomic E-state index is -0.682. The van der Waals surface area contributed by atoms with E-state index in [0.717, 1.165) is 38.0 Å². The van der Waals surface area contributed by atoms with E-state index in [1.807, 2.05) is 35.2 Å². The minimum absolute atomic E-state index is 0.0721. The van der Waals surface area contributed by atoms with Gasteiger partial charge in [-0.25, -0.2) is 0 Å². The van der Waals surface area contributed by atoms with E-state index >= 15 is 0 Å². The summed E-state index contributed by atoms with van der Waals surface area (Å²) >= 11 is 0. The number of carbonyl (C=O) groups is 2. The normalized spacial score (nSPS) is 34.5. The molecule has 1 aromatic rings. The van der Waals surface area contributed by atoms with Gasteiger partial charge in [-0.2, -0.15) is 0 Å². The van der Waals surface area contributed by atoms with Gasteiger partial charge in [-0.1, -0.05) is 18.2 Å². The maximum Gasteiger partial charge on any atom is 0.306 e. The molecule has 4 rings (SSSR count). The molecule has 1 aliphatic carbocycles. The van der Waals surface area contributed by atoms with Crippen molar-refractivity contribution >= 4 is 17.6 Å². The van der Waals surface area contributed by atoms with Crippen LogP contribution in [0.2, 0.25) is 0 Å². The predicted molar refractivity (Wildman–Crippen MR) is 81.5 cm³/mol. The summed E-state index contributed by atoms with van der Waals surface area (Å²) in [4.78, 5) is 27.9. The van der Waals surface area contributed by atoms with Crippen molar-refractivity contribution in [2.24, 2.45) is 11.8 Å². The Morgan fingerprint density at radius 2 is 1.77 bits per heavy atom. The number of anilines is 1. The summed E-state index contributed by atoms with van der Waals surface area (Å²) in [5.41, 5.74) is 0.985. The average Bonchev–Trinajstić information content (AvgIpc) is 2.68. The number of carbonyl (C=O) groups excluding carboxylic acids is 1. The summed E-state index contributed by atoms with van der Waals surface area (Å²) in [6, 6.07) is 10.5. The van der Waals surface area contributed by atoms with Gasteiger partial charge in [0.1, 0.15) is 0 Å². The van der Waals surface area contributed by atoms with E-state index in [9.17, 15) is 9.59 Å². The van der Waals surface area contributed by atoms with E-state index in [0.29, 0.717) is 6.04 Å². The molecule has 5 heteroatoms. The van der Waals surface area contributed by atoms with Gasteiger partial charge in [0.25, 0.3) is 0 Å². The van der Waals surface area contributed by atoms with Crippen molar-refractivity contribution in [2.75, 3.05) is 18.0 Å². The van der Waals surface area contributed by atoms with Crippen molar-refractivity contribution < 1.29 is 14.7 Å². The summed E-state index contributed by atoms with van der Waals surface area (Å²) in [7, 11) is 0. The minimum Gasteiger partial charge on any atom is -0.481 e. The zero-order chi connectivity index (χ0) is 15.3. The number of amides is 1. The number of likely N-dealkylation sites (tertiary alicyclic amines) is 1. The van der Waals surface area contributed by atoms with Crippen molar-refractivity contribution in [3.8, 4) is 0 Å². The number of hydrogen-bond donors (Lipinski definition) is 1. The molecule has 1 N–H and O–H groups in total. The van der Waals surface area contributed by atoms with E-state index < -0.39 is 5.97 Å². The summed E-state index contributed by atoms with van der Waals surface area (Å²) in [6.07, 6.45) is 2.39. The first-order valence-corrected chi connectivity index (χ1v) is 7.98. The highest BCUT2D eigenvalue weighted by atomic mass is 16.4. The molecule has 2 heterocycles. The molecule has 3 aliphatic rings. The van der Waals surface area contributed by atoms with Crippen LogP contribution in [0.25, 0.3) is 0 Å². The lowest BCUT2D eigenvalue weighted by atomic mass is 9.78. The largest absolute Gasteiger partial charge is 0.481 e. The Balaban J connectivity index is 1.48. The Kier molecular flexibility index (Phi) is 3.18. The van der Waals surface area contributed by atoms with Crippen LogP contribution in [-0.2, 0) is 9.59 Å². The van der Waals surface area contributed by atoms with Crippen LogP contribution in [0, 0.1) is 11.8 Å². The fraction of sp³-hybridized carbons (Fsp3) is 0.529. The fourth-order valence-electron chi connectivity index (χ4n) is 4.16. The molecule has 1 saturated carbocycles. The van der Waals surface area contributed by atoms with E-state index in [2.05, 4.69) is 4.90 Å².